The number of piperazine rings is 1. The van der Waals surface area contributed by atoms with Gasteiger partial charge in [0.05, 0.1) is 16.7 Å². The van der Waals surface area contributed by atoms with E-state index in [0.29, 0.717) is 11.4 Å². The highest BCUT2D eigenvalue weighted by atomic mass is 16.6. The minimum atomic E-state index is -0.489. The summed E-state index contributed by atoms with van der Waals surface area (Å²) in [5.74, 6) is -0.399. The van der Waals surface area contributed by atoms with E-state index < -0.39 is 10.8 Å². The van der Waals surface area contributed by atoms with Gasteiger partial charge in [-0.2, -0.15) is 0 Å². The monoisotopic (exact) mass is 474 g/mol. The molecule has 0 bridgehead atoms. The number of aromatic nitrogens is 1. The maximum Gasteiger partial charge on any atom is 0.293 e. The third kappa shape index (κ3) is 6.40. The first-order valence-electron chi connectivity index (χ1n) is 11.7. The van der Waals surface area contributed by atoms with Crippen molar-refractivity contribution in [1.82, 2.24) is 14.8 Å². The zero-order chi connectivity index (χ0) is 24.8. The Morgan fingerprint density at radius 3 is 2.49 bits per heavy atom. The molecule has 9 heteroatoms. The minimum absolute atomic E-state index is 0.164. The van der Waals surface area contributed by atoms with E-state index in [1.807, 2.05) is 49.4 Å². The number of amides is 1. The molecule has 0 aliphatic carbocycles. The summed E-state index contributed by atoms with van der Waals surface area (Å²) in [6.07, 6.45) is 1.67. The molecule has 35 heavy (non-hydrogen) atoms. The van der Waals surface area contributed by atoms with Gasteiger partial charge in [0.2, 0.25) is 0 Å². The Morgan fingerprint density at radius 2 is 1.83 bits per heavy atom. The number of nitrogens with zero attached hydrogens (tertiary/aromatic N) is 4. The Kier molecular flexibility index (Phi) is 7.69. The molecule has 1 aliphatic heterocycles. The zero-order valence-electron chi connectivity index (χ0n) is 20.0. The highest BCUT2D eigenvalue weighted by Crippen LogP contribution is 2.29. The van der Waals surface area contributed by atoms with Crippen molar-refractivity contribution in [3.05, 3.63) is 93.8 Å². The van der Waals surface area contributed by atoms with E-state index in [9.17, 15) is 14.9 Å². The largest absolute Gasteiger partial charge is 0.371 e. The van der Waals surface area contributed by atoms with Gasteiger partial charge in [0, 0.05) is 56.2 Å². The number of nitrogens with one attached hydrogen (secondary N) is 2. The van der Waals surface area contributed by atoms with Crippen LogP contribution < -0.4 is 10.6 Å². The Morgan fingerprint density at radius 1 is 1.09 bits per heavy atom. The van der Waals surface area contributed by atoms with E-state index in [1.165, 1.54) is 11.6 Å². The average molecular weight is 475 g/mol. The van der Waals surface area contributed by atoms with E-state index in [-0.39, 0.29) is 17.3 Å². The van der Waals surface area contributed by atoms with Crippen LogP contribution in [0.25, 0.3) is 0 Å². The SMILES string of the molecule is CC(Nc1ccc(C(=O)Nc2ccc(CN3CCN(C)CC3)cc2)cc1[N+](=O)[O-])c1ccccn1. The van der Waals surface area contributed by atoms with Crippen LogP contribution in [-0.2, 0) is 6.54 Å². The second kappa shape index (κ2) is 11.1. The summed E-state index contributed by atoms with van der Waals surface area (Å²) in [5.41, 5.74) is 2.97. The van der Waals surface area contributed by atoms with Crippen molar-refractivity contribution in [2.24, 2.45) is 0 Å². The zero-order valence-corrected chi connectivity index (χ0v) is 20.0. The quantitative estimate of drug-likeness (QED) is 0.373. The number of carbonyl (C=O) groups excluding carboxylic acids is 1. The van der Waals surface area contributed by atoms with Crippen LogP contribution in [0.2, 0.25) is 0 Å². The van der Waals surface area contributed by atoms with Gasteiger partial charge in [-0.3, -0.25) is 24.8 Å². The maximum atomic E-state index is 12.8. The molecule has 2 aromatic carbocycles. The molecule has 1 saturated heterocycles. The second-order valence-electron chi connectivity index (χ2n) is 8.84. The lowest BCUT2D eigenvalue weighted by molar-refractivity contribution is -0.384. The van der Waals surface area contributed by atoms with Crippen molar-refractivity contribution < 1.29 is 9.72 Å². The first kappa shape index (κ1) is 24.3. The van der Waals surface area contributed by atoms with Gasteiger partial charge in [0.15, 0.2) is 0 Å². The number of nitro benzene ring substituents is 1. The van der Waals surface area contributed by atoms with Crippen LogP contribution >= 0.6 is 0 Å². The summed E-state index contributed by atoms with van der Waals surface area (Å²) in [6, 6.07) is 17.5. The highest BCUT2D eigenvalue weighted by Gasteiger charge is 2.20. The van der Waals surface area contributed by atoms with Gasteiger partial charge in [0.1, 0.15) is 5.69 Å². The van der Waals surface area contributed by atoms with Crippen LogP contribution in [0.1, 0.15) is 34.6 Å². The second-order valence-corrected chi connectivity index (χ2v) is 8.84. The number of likely N-dealkylation sites (N-methyl/N-ethyl adjacent to an activating group) is 1. The molecule has 2 N–H and O–H groups in total. The minimum Gasteiger partial charge on any atom is -0.371 e. The summed E-state index contributed by atoms with van der Waals surface area (Å²) in [4.78, 5) is 33.0. The topological polar surface area (TPSA) is 104 Å². The number of hydrogen-bond acceptors (Lipinski definition) is 7. The molecule has 1 amide bonds. The fraction of sp³-hybridized carbons (Fsp3) is 0.308. The average Bonchev–Trinajstić information content (AvgIpc) is 2.87. The molecular formula is C26H30N6O3. The lowest BCUT2D eigenvalue weighted by atomic mass is 10.1. The van der Waals surface area contributed by atoms with Gasteiger partial charge in [-0.1, -0.05) is 18.2 Å². The molecule has 182 valence electrons. The summed E-state index contributed by atoms with van der Waals surface area (Å²) >= 11 is 0. The fourth-order valence-electron chi connectivity index (χ4n) is 4.05. The Balaban J connectivity index is 1.40. The maximum absolute atomic E-state index is 12.8. The molecule has 1 aromatic heterocycles. The van der Waals surface area contributed by atoms with Crippen molar-refractivity contribution in [3.63, 3.8) is 0 Å². The van der Waals surface area contributed by atoms with E-state index in [0.717, 1.165) is 38.4 Å². The number of carbonyl (C=O) groups is 1. The van der Waals surface area contributed by atoms with Gasteiger partial charge in [-0.15, -0.1) is 0 Å². The van der Waals surface area contributed by atoms with Gasteiger partial charge in [0.25, 0.3) is 11.6 Å². The van der Waals surface area contributed by atoms with Crippen LogP contribution in [0.4, 0.5) is 17.1 Å². The number of pyridine rings is 1. The van der Waals surface area contributed by atoms with E-state index in [4.69, 9.17) is 0 Å². The highest BCUT2D eigenvalue weighted by molar-refractivity contribution is 6.05. The van der Waals surface area contributed by atoms with Crippen LogP contribution in [0.3, 0.4) is 0 Å². The summed E-state index contributed by atoms with van der Waals surface area (Å²) in [7, 11) is 2.14. The first-order valence-corrected chi connectivity index (χ1v) is 11.7. The van der Waals surface area contributed by atoms with Crippen molar-refractivity contribution in [2.45, 2.75) is 19.5 Å². The Labute approximate surface area is 204 Å². The normalized spacial score (nSPS) is 15.4. The third-order valence-corrected chi connectivity index (χ3v) is 6.17. The van der Waals surface area contributed by atoms with Gasteiger partial charge >= 0.3 is 0 Å². The Bertz CT molecular complexity index is 1160. The lowest BCUT2D eigenvalue weighted by Gasteiger charge is -2.32. The number of rotatable bonds is 8. The summed E-state index contributed by atoms with van der Waals surface area (Å²) in [5, 5.41) is 17.7. The van der Waals surface area contributed by atoms with Gasteiger partial charge < -0.3 is 15.5 Å². The van der Waals surface area contributed by atoms with Gasteiger partial charge in [-0.25, -0.2) is 0 Å². The van der Waals surface area contributed by atoms with Crippen LogP contribution in [0, 0.1) is 10.1 Å². The van der Waals surface area contributed by atoms with Crippen LogP contribution in [0.15, 0.2) is 66.9 Å². The lowest BCUT2D eigenvalue weighted by Crippen LogP contribution is -2.43. The predicted molar refractivity (Wildman–Crippen MR) is 137 cm³/mol. The molecule has 1 aliphatic rings. The molecule has 1 atom stereocenters. The standard InChI is InChI=1S/C26H30N6O3/c1-19(23-5-3-4-12-27-23)28-24-11-8-21(17-25(24)32(34)35)26(33)29-22-9-6-20(7-10-22)18-31-15-13-30(2)14-16-31/h3-12,17,19,28H,13-16,18H2,1-2H3,(H,29,33). The molecular weight excluding hydrogens is 444 g/mol. The van der Waals surface area contributed by atoms with E-state index in [2.05, 4.69) is 32.5 Å². The smallest absolute Gasteiger partial charge is 0.293 e. The molecule has 0 saturated carbocycles. The number of benzene rings is 2. The summed E-state index contributed by atoms with van der Waals surface area (Å²) < 4.78 is 0. The van der Waals surface area contributed by atoms with E-state index >= 15 is 0 Å². The number of nitro groups is 1. The molecule has 0 spiro atoms. The van der Waals surface area contributed by atoms with E-state index in [1.54, 1.807) is 18.3 Å². The Hall–Kier alpha value is -3.82. The van der Waals surface area contributed by atoms with Crippen molar-refractivity contribution in [3.8, 4) is 0 Å². The molecule has 2 heterocycles. The van der Waals surface area contributed by atoms with Crippen LogP contribution in [0.5, 0.6) is 0 Å². The first-order chi connectivity index (χ1) is 16.9. The molecule has 0 radical (unpaired) electrons. The molecule has 4 rings (SSSR count). The summed E-state index contributed by atoms with van der Waals surface area (Å²) in [6.45, 7) is 6.96. The molecule has 3 aromatic rings. The molecule has 1 unspecified atom stereocenters. The fourth-order valence-corrected chi connectivity index (χ4v) is 4.05. The van der Waals surface area contributed by atoms with Crippen molar-refractivity contribution >= 4 is 23.0 Å². The van der Waals surface area contributed by atoms with Crippen molar-refractivity contribution in [1.29, 1.82) is 0 Å². The molecule has 9 nitrogen and oxygen atoms in total. The third-order valence-electron chi connectivity index (χ3n) is 6.17. The number of anilines is 2. The predicted octanol–water partition coefficient (Wildman–Crippen LogP) is 4.16. The van der Waals surface area contributed by atoms with Gasteiger partial charge in [-0.05, 0) is 55.9 Å². The number of hydrogen-bond donors (Lipinski definition) is 2. The molecule has 1 fully saturated rings. The van der Waals surface area contributed by atoms with Crippen LogP contribution in [-0.4, -0.2) is 58.8 Å². The van der Waals surface area contributed by atoms with Crippen molar-refractivity contribution in [2.75, 3.05) is 43.9 Å².